The van der Waals surface area contributed by atoms with E-state index < -0.39 is 14.7 Å². The number of nitrogens with one attached hydrogen (secondary N) is 1. The lowest BCUT2D eigenvalue weighted by atomic mass is 9.90. The van der Waals surface area contributed by atoms with Crippen LogP contribution in [0.25, 0.3) is 0 Å². The van der Waals surface area contributed by atoms with Gasteiger partial charge in [0, 0.05) is 11.8 Å². The predicted molar refractivity (Wildman–Crippen MR) is 89.9 cm³/mol. The fourth-order valence-electron chi connectivity index (χ4n) is 1.98. The first-order valence-electron chi connectivity index (χ1n) is 7.71. The lowest BCUT2D eigenvalue weighted by Crippen LogP contribution is -2.38. The molecule has 1 atom stereocenters. The van der Waals surface area contributed by atoms with Crippen LogP contribution in [0.5, 0.6) is 0 Å². The first-order valence-corrected chi connectivity index (χ1v) is 10.5. The molecule has 0 aliphatic heterocycles. The molecule has 6 nitrogen and oxygen atoms in total. The van der Waals surface area contributed by atoms with Gasteiger partial charge in [0.15, 0.2) is 9.04 Å². The molecule has 0 aliphatic rings. The van der Waals surface area contributed by atoms with Gasteiger partial charge in [-0.1, -0.05) is 27.7 Å². The Morgan fingerprint density at radius 3 is 2.45 bits per heavy atom. The van der Waals surface area contributed by atoms with Crippen LogP contribution in [-0.4, -0.2) is 31.3 Å². The third kappa shape index (κ3) is 5.55. The van der Waals surface area contributed by atoms with Crippen LogP contribution in [0.15, 0.2) is 15.8 Å². The molecule has 1 heterocycles. The topological polar surface area (TPSA) is 73.3 Å². The number of H-pyrrole nitrogens is 1. The highest BCUT2D eigenvalue weighted by Crippen LogP contribution is 2.23. The molecule has 0 amide bonds. The molecule has 7 heteroatoms. The molecule has 0 aliphatic carbocycles. The van der Waals surface area contributed by atoms with Gasteiger partial charge < -0.3 is 9.16 Å². The summed E-state index contributed by atoms with van der Waals surface area (Å²) < 4.78 is 13.1. The van der Waals surface area contributed by atoms with Crippen LogP contribution in [0.4, 0.5) is 0 Å². The molecule has 1 rings (SSSR count). The highest BCUT2D eigenvalue weighted by molar-refractivity contribution is 6.48. The Bertz CT molecular complexity index is 586. The second-order valence-electron chi connectivity index (χ2n) is 6.78. The van der Waals surface area contributed by atoms with Crippen LogP contribution >= 0.6 is 0 Å². The highest BCUT2D eigenvalue weighted by Gasteiger charge is 2.26. The molecule has 0 spiro atoms. The van der Waals surface area contributed by atoms with Crippen molar-refractivity contribution in [2.24, 2.45) is 5.41 Å². The lowest BCUT2D eigenvalue weighted by Gasteiger charge is -2.32. The van der Waals surface area contributed by atoms with Gasteiger partial charge in [0.25, 0.3) is 5.56 Å². The van der Waals surface area contributed by atoms with Crippen molar-refractivity contribution < 1.29 is 9.16 Å². The van der Waals surface area contributed by atoms with Gasteiger partial charge in [-0.25, -0.2) is 4.79 Å². The summed E-state index contributed by atoms with van der Waals surface area (Å²) in [5.74, 6) is 0. The van der Waals surface area contributed by atoms with E-state index in [2.05, 4.69) is 38.8 Å². The Kier molecular flexibility index (Phi) is 6.77. The van der Waals surface area contributed by atoms with Crippen molar-refractivity contribution in [3.63, 3.8) is 0 Å². The number of aryl methyl sites for hydroxylation is 1. The highest BCUT2D eigenvalue weighted by atomic mass is 28.3. The minimum absolute atomic E-state index is 0.0109. The minimum Gasteiger partial charge on any atom is -0.415 e. The van der Waals surface area contributed by atoms with Gasteiger partial charge in [0.05, 0.1) is 12.7 Å². The van der Waals surface area contributed by atoms with Gasteiger partial charge in [-0.05, 0) is 24.9 Å². The Balaban J connectivity index is 2.73. The summed E-state index contributed by atoms with van der Waals surface area (Å²) in [6.07, 6.45) is 2.12. The molecule has 0 saturated carbocycles. The first-order chi connectivity index (χ1) is 10.1. The number of aromatic amines is 1. The number of aromatic nitrogens is 2. The van der Waals surface area contributed by atoms with Crippen LogP contribution < -0.4 is 11.2 Å². The maximum absolute atomic E-state index is 11.8. The molecule has 1 N–H and O–H groups in total. The third-order valence-electron chi connectivity index (χ3n) is 3.37. The molecule has 22 heavy (non-hydrogen) atoms. The molecule has 0 bridgehead atoms. The van der Waals surface area contributed by atoms with Crippen molar-refractivity contribution in [3.05, 3.63) is 32.6 Å². The number of hydrogen-bond donors (Lipinski definition) is 1. The zero-order chi connectivity index (χ0) is 16.9. The maximum atomic E-state index is 11.8. The average molecular weight is 328 g/mol. The lowest BCUT2D eigenvalue weighted by molar-refractivity contribution is -0.0293. The predicted octanol–water partition coefficient (Wildman–Crippen LogP) is 1.49. The van der Waals surface area contributed by atoms with Crippen LogP contribution in [0.3, 0.4) is 0 Å². The fraction of sp³-hybridized carbons (Fsp3) is 0.733. The van der Waals surface area contributed by atoms with Crippen LogP contribution in [0.1, 0.15) is 33.3 Å². The monoisotopic (exact) mass is 328 g/mol. The summed E-state index contributed by atoms with van der Waals surface area (Å²) in [6, 6.07) is 0. The Labute approximate surface area is 133 Å². The molecular weight excluding hydrogens is 300 g/mol. The summed E-state index contributed by atoms with van der Waals surface area (Å²) in [5.41, 5.74) is -0.234. The first kappa shape index (κ1) is 18.9. The normalized spacial score (nSPS) is 13.6. The van der Waals surface area contributed by atoms with Gasteiger partial charge in [-0.2, -0.15) is 0 Å². The van der Waals surface area contributed by atoms with E-state index in [1.54, 1.807) is 6.20 Å². The second kappa shape index (κ2) is 7.89. The summed E-state index contributed by atoms with van der Waals surface area (Å²) in [5, 5.41) is 0. The number of nitrogens with zero attached hydrogens (tertiary/aromatic N) is 1. The smallest absolute Gasteiger partial charge is 0.330 e. The van der Waals surface area contributed by atoms with Gasteiger partial charge in [0.1, 0.15) is 6.73 Å². The number of ether oxygens (including phenoxy) is 1. The standard InChI is InChI=1S/C15H28N2O4Si/c1-7-11-8-17(14(19)16-13(11)18)10-20-9-12(15(2,3)4)21-22(5)6/h8,12,22H,7,9-10H2,1-6H3,(H,16,18,19). The average Bonchev–Trinajstić information content (AvgIpc) is 2.38. The van der Waals surface area contributed by atoms with Gasteiger partial charge >= 0.3 is 5.69 Å². The Hall–Kier alpha value is -1.18. The quantitative estimate of drug-likeness (QED) is 0.770. The molecule has 126 valence electrons. The van der Waals surface area contributed by atoms with Gasteiger partial charge in [-0.3, -0.25) is 14.3 Å². The summed E-state index contributed by atoms with van der Waals surface area (Å²) in [7, 11) is -1.17. The van der Waals surface area contributed by atoms with Crippen LogP contribution in [0, 0.1) is 5.41 Å². The zero-order valence-electron chi connectivity index (χ0n) is 14.4. The zero-order valence-corrected chi connectivity index (χ0v) is 15.6. The third-order valence-corrected chi connectivity index (χ3v) is 4.24. The maximum Gasteiger partial charge on any atom is 0.330 e. The van der Waals surface area contributed by atoms with Crippen molar-refractivity contribution in [1.29, 1.82) is 0 Å². The van der Waals surface area contributed by atoms with Crippen molar-refractivity contribution in [1.82, 2.24) is 9.55 Å². The van der Waals surface area contributed by atoms with E-state index in [0.29, 0.717) is 18.6 Å². The molecule has 0 saturated heterocycles. The second-order valence-corrected chi connectivity index (χ2v) is 9.15. The fourth-order valence-corrected chi connectivity index (χ4v) is 3.13. The van der Waals surface area contributed by atoms with Crippen molar-refractivity contribution in [3.8, 4) is 0 Å². The summed E-state index contributed by atoms with van der Waals surface area (Å²) in [4.78, 5) is 25.6. The van der Waals surface area contributed by atoms with E-state index in [-0.39, 0.29) is 23.8 Å². The molecule has 1 aromatic rings. The van der Waals surface area contributed by atoms with Crippen LogP contribution in [0.2, 0.25) is 13.1 Å². The molecule has 0 radical (unpaired) electrons. The van der Waals surface area contributed by atoms with Gasteiger partial charge in [0.2, 0.25) is 0 Å². The summed E-state index contributed by atoms with van der Waals surface area (Å²) in [6.45, 7) is 13.0. The molecular formula is C15H28N2O4Si. The molecule has 0 fully saturated rings. The van der Waals surface area contributed by atoms with Crippen molar-refractivity contribution >= 4 is 9.04 Å². The van der Waals surface area contributed by atoms with E-state index in [4.69, 9.17) is 9.16 Å². The van der Waals surface area contributed by atoms with E-state index >= 15 is 0 Å². The van der Waals surface area contributed by atoms with E-state index in [1.807, 2.05) is 6.92 Å². The Morgan fingerprint density at radius 1 is 1.32 bits per heavy atom. The molecule has 1 unspecified atom stereocenters. The number of hydrogen-bond acceptors (Lipinski definition) is 4. The minimum atomic E-state index is -1.17. The largest absolute Gasteiger partial charge is 0.415 e. The molecule has 0 aromatic carbocycles. The van der Waals surface area contributed by atoms with Crippen LogP contribution in [-0.2, 0) is 22.3 Å². The Morgan fingerprint density at radius 2 is 1.95 bits per heavy atom. The van der Waals surface area contributed by atoms with Crippen molar-refractivity contribution in [2.75, 3.05) is 6.61 Å². The molecule has 1 aromatic heterocycles. The SMILES string of the molecule is CCc1cn(COCC(O[SiH](C)C)C(C)(C)C)c(=O)[nH]c1=O. The van der Waals surface area contributed by atoms with E-state index in [0.717, 1.165) is 0 Å². The number of rotatable bonds is 7. The van der Waals surface area contributed by atoms with E-state index in [9.17, 15) is 9.59 Å². The van der Waals surface area contributed by atoms with Gasteiger partial charge in [-0.15, -0.1) is 0 Å². The summed E-state index contributed by atoms with van der Waals surface area (Å²) >= 11 is 0. The van der Waals surface area contributed by atoms with E-state index in [1.165, 1.54) is 4.57 Å². The van der Waals surface area contributed by atoms with Crippen molar-refractivity contribution in [2.45, 2.75) is 60.0 Å².